The average molecular weight is 283 g/mol. The molecule has 0 unspecified atom stereocenters. The number of primary amides is 1. The van der Waals surface area contributed by atoms with Gasteiger partial charge in [0.2, 0.25) is 5.91 Å². The molecule has 0 aromatic heterocycles. The number of carbonyl (C=O) groups is 2. The smallest absolute Gasteiger partial charge is 0.255 e. The van der Waals surface area contributed by atoms with Crippen LogP contribution < -0.4 is 16.8 Å². The summed E-state index contributed by atoms with van der Waals surface area (Å²) in [6.07, 6.45) is 0. The van der Waals surface area contributed by atoms with E-state index in [1.54, 1.807) is 43.3 Å². The van der Waals surface area contributed by atoms with E-state index >= 15 is 0 Å². The zero-order valence-electron chi connectivity index (χ0n) is 11.9. The van der Waals surface area contributed by atoms with Gasteiger partial charge in [-0.15, -0.1) is 0 Å². The number of nitrogen functional groups attached to an aromatic ring is 1. The number of hydrogen-bond donors (Lipinski definition) is 3. The summed E-state index contributed by atoms with van der Waals surface area (Å²) in [5.74, 6) is -0.811. The van der Waals surface area contributed by atoms with Crippen LogP contribution in [0.25, 0.3) is 0 Å². The third kappa shape index (κ3) is 3.02. The first-order valence-electron chi connectivity index (χ1n) is 6.47. The Morgan fingerprint density at radius 2 is 1.81 bits per heavy atom. The number of benzene rings is 2. The Morgan fingerprint density at radius 3 is 2.43 bits per heavy atom. The molecule has 0 aliphatic heterocycles. The van der Waals surface area contributed by atoms with Crippen LogP contribution in [0.5, 0.6) is 0 Å². The summed E-state index contributed by atoms with van der Waals surface area (Å²) in [7, 11) is 0. The average Bonchev–Trinajstić information content (AvgIpc) is 2.43. The predicted molar refractivity (Wildman–Crippen MR) is 83.2 cm³/mol. The van der Waals surface area contributed by atoms with Crippen molar-refractivity contribution in [2.24, 2.45) is 5.73 Å². The highest BCUT2D eigenvalue weighted by Gasteiger charge is 2.12. The van der Waals surface area contributed by atoms with E-state index in [2.05, 4.69) is 5.32 Å². The van der Waals surface area contributed by atoms with Crippen LogP contribution >= 0.6 is 0 Å². The van der Waals surface area contributed by atoms with Crippen LogP contribution in [-0.4, -0.2) is 11.8 Å². The molecule has 0 spiro atoms. The molecule has 2 rings (SSSR count). The summed E-state index contributed by atoms with van der Waals surface area (Å²) in [5, 5.41) is 2.77. The summed E-state index contributed by atoms with van der Waals surface area (Å²) in [4.78, 5) is 23.5. The molecule has 5 heteroatoms. The highest BCUT2D eigenvalue weighted by molar-refractivity contribution is 6.06. The zero-order chi connectivity index (χ0) is 15.6. The van der Waals surface area contributed by atoms with Gasteiger partial charge in [-0.2, -0.15) is 0 Å². The number of amides is 2. The number of anilines is 2. The van der Waals surface area contributed by atoms with Crippen molar-refractivity contribution in [1.29, 1.82) is 0 Å². The van der Waals surface area contributed by atoms with E-state index in [0.717, 1.165) is 5.56 Å². The maximum absolute atomic E-state index is 12.2. The molecule has 0 aliphatic carbocycles. The monoisotopic (exact) mass is 283 g/mol. The highest BCUT2D eigenvalue weighted by Crippen LogP contribution is 2.20. The molecule has 108 valence electrons. The summed E-state index contributed by atoms with van der Waals surface area (Å²) < 4.78 is 0. The van der Waals surface area contributed by atoms with Gasteiger partial charge in [-0.1, -0.05) is 12.1 Å². The molecule has 21 heavy (non-hydrogen) atoms. The molecule has 0 radical (unpaired) electrons. The second-order valence-corrected chi connectivity index (χ2v) is 4.87. The molecule has 2 aromatic carbocycles. The topological polar surface area (TPSA) is 98.2 Å². The summed E-state index contributed by atoms with van der Waals surface area (Å²) in [6.45, 7) is 3.61. The first kappa shape index (κ1) is 14.6. The summed E-state index contributed by atoms with van der Waals surface area (Å²) in [6, 6.07) is 10.1. The SMILES string of the molecule is Cc1ccc(C(=O)Nc2cccc(C(N)=O)c2C)cc1N. The second kappa shape index (κ2) is 5.66. The Hall–Kier alpha value is -2.82. The Morgan fingerprint density at radius 1 is 1.10 bits per heavy atom. The number of nitrogens with two attached hydrogens (primary N) is 2. The lowest BCUT2D eigenvalue weighted by atomic mass is 10.1. The van der Waals surface area contributed by atoms with Crippen molar-refractivity contribution in [3.05, 3.63) is 58.7 Å². The van der Waals surface area contributed by atoms with E-state index in [-0.39, 0.29) is 5.91 Å². The highest BCUT2D eigenvalue weighted by atomic mass is 16.2. The van der Waals surface area contributed by atoms with Gasteiger partial charge in [0.05, 0.1) is 0 Å². The van der Waals surface area contributed by atoms with Gasteiger partial charge in [0.15, 0.2) is 0 Å². The predicted octanol–water partition coefficient (Wildman–Crippen LogP) is 2.24. The van der Waals surface area contributed by atoms with Crippen LogP contribution in [-0.2, 0) is 0 Å². The molecule has 5 N–H and O–H groups in total. The van der Waals surface area contributed by atoms with E-state index in [0.29, 0.717) is 28.1 Å². The molecule has 0 bridgehead atoms. The van der Waals surface area contributed by atoms with Crippen LogP contribution in [0.4, 0.5) is 11.4 Å². The second-order valence-electron chi connectivity index (χ2n) is 4.87. The van der Waals surface area contributed by atoms with Crippen LogP contribution in [0.3, 0.4) is 0 Å². The van der Waals surface area contributed by atoms with Crippen molar-refractivity contribution in [3.8, 4) is 0 Å². The van der Waals surface area contributed by atoms with E-state index in [9.17, 15) is 9.59 Å². The normalized spacial score (nSPS) is 10.2. The minimum Gasteiger partial charge on any atom is -0.398 e. The molecule has 2 amide bonds. The van der Waals surface area contributed by atoms with Gasteiger partial charge in [0.1, 0.15) is 0 Å². The fourth-order valence-corrected chi connectivity index (χ4v) is 2.01. The first-order chi connectivity index (χ1) is 9.90. The van der Waals surface area contributed by atoms with Crippen LogP contribution in [0.15, 0.2) is 36.4 Å². The van der Waals surface area contributed by atoms with E-state index in [1.807, 2.05) is 6.92 Å². The largest absolute Gasteiger partial charge is 0.398 e. The lowest BCUT2D eigenvalue weighted by Crippen LogP contribution is -2.17. The van der Waals surface area contributed by atoms with Crippen molar-refractivity contribution in [2.45, 2.75) is 13.8 Å². The molecule has 0 saturated carbocycles. The van der Waals surface area contributed by atoms with Gasteiger partial charge < -0.3 is 16.8 Å². The number of carbonyl (C=O) groups excluding carboxylic acids is 2. The molecule has 0 atom stereocenters. The van der Waals surface area contributed by atoms with Crippen molar-refractivity contribution in [2.75, 3.05) is 11.1 Å². The molecule has 5 nitrogen and oxygen atoms in total. The van der Waals surface area contributed by atoms with Crippen LogP contribution in [0, 0.1) is 13.8 Å². The van der Waals surface area contributed by atoms with Gasteiger partial charge in [-0.3, -0.25) is 9.59 Å². The Kier molecular flexibility index (Phi) is 3.93. The van der Waals surface area contributed by atoms with Crippen molar-refractivity contribution < 1.29 is 9.59 Å². The van der Waals surface area contributed by atoms with E-state index < -0.39 is 5.91 Å². The quantitative estimate of drug-likeness (QED) is 0.753. The fraction of sp³-hybridized carbons (Fsp3) is 0.125. The van der Waals surface area contributed by atoms with Crippen molar-refractivity contribution in [1.82, 2.24) is 0 Å². The van der Waals surface area contributed by atoms with Gasteiger partial charge in [0.25, 0.3) is 5.91 Å². The number of nitrogens with one attached hydrogen (secondary N) is 1. The molecule has 0 aliphatic rings. The summed E-state index contributed by atoms with van der Waals surface area (Å²) in [5.41, 5.74) is 14.6. The summed E-state index contributed by atoms with van der Waals surface area (Å²) >= 11 is 0. The molecule has 0 heterocycles. The third-order valence-electron chi connectivity index (χ3n) is 3.39. The maximum atomic E-state index is 12.2. The number of hydrogen-bond acceptors (Lipinski definition) is 3. The van der Waals surface area contributed by atoms with Gasteiger partial charge in [-0.25, -0.2) is 0 Å². The van der Waals surface area contributed by atoms with Gasteiger partial charge in [0, 0.05) is 22.5 Å². The van der Waals surface area contributed by atoms with Crippen molar-refractivity contribution >= 4 is 23.2 Å². The molecular formula is C16H17N3O2. The third-order valence-corrected chi connectivity index (χ3v) is 3.39. The van der Waals surface area contributed by atoms with E-state index in [4.69, 9.17) is 11.5 Å². The van der Waals surface area contributed by atoms with E-state index in [1.165, 1.54) is 0 Å². The Labute approximate surface area is 123 Å². The first-order valence-corrected chi connectivity index (χ1v) is 6.47. The molecule has 2 aromatic rings. The molecular weight excluding hydrogens is 266 g/mol. The van der Waals surface area contributed by atoms with Gasteiger partial charge in [-0.05, 0) is 49.2 Å². The fourth-order valence-electron chi connectivity index (χ4n) is 2.01. The maximum Gasteiger partial charge on any atom is 0.255 e. The molecule has 0 saturated heterocycles. The number of rotatable bonds is 3. The lowest BCUT2D eigenvalue weighted by molar-refractivity contribution is 0.0995. The van der Waals surface area contributed by atoms with Crippen LogP contribution in [0.2, 0.25) is 0 Å². The minimum absolute atomic E-state index is 0.286. The standard InChI is InChI=1S/C16H17N3O2/c1-9-6-7-11(8-13(9)17)16(21)19-14-5-3-4-12(10(14)2)15(18)20/h3-8H,17H2,1-2H3,(H2,18,20)(H,19,21). The van der Waals surface area contributed by atoms with Crippen molar-refractivity contribution in [3.63, 3.8) is 0 Å². The van der Waals surface area contributed by atoms with Crippen LogP contribution in [0.1, 0.15) is 31.8 Å². The minimum atomic E-state index is -0.525. The molecule has 0 fully saturated rings. The lowest BCUT2D eigenvalue weighted by Gasteiger charge is -2.11. The Bertz CT molecular complexity index is 723. The zero-order valence-corrected chi connectivity index (χ0v) is 11.9. The number of aryl methyl sites for hydroxylation is 1. The Balaban J connectivity index is 2.29. The van der Waals surface area contributed by atoms with Gasteiger partial charge >= 0.3 is 0 Å².